The third-order valence-electron chi connectivity index (χ3n) is 27.6. The average molecular weight is 1450 g/mol. The van der Waals surface area contributed by atoms with Crippen LogP contribution in [0.15, 0.2) is 169 Å². The van der Waals surface area contributed by atoms with E-state index in [4.69, 9.17) is 9.47 Å². The van der Waals surface area contributed by atoms with Crippen LogP contribution in [-0.2, 0) is 32.6 Å². The van der Waals surface area contributed by atoms with E-state index in [9.17, 15) is 34.3 Å². The number of carbonyl (C=O) groups is 1. The van der Waals surface area contributed by atoms with Crippen LogP contribution in [0, 0.1) is 86.7 Å². The van der Waals surface area contributed by atoms with Gasteiger partial charge in [0.25, 0.3) is 5.91 Å². The number of aromatic nitrogens is 1. The summed E-state index contributed by atoms with van der Waals surface area (Å²) < 4.78 is 40.0. The number of benzene rings is 6. The molecule has 10 unspecified atom stereocenters. The highest BCUT2D eigenvalue weighted by Gasteiger charge is 2.56. The molecule has 4 aliphatic heterocycles. The third-order valence-corrected chi connectivity index (χ3v) is 29.9. The van der Waals surface area contributed by atoms with Crippen molar-refractivity contribution < 1.29 is 22.7 Å². The number of nitrogens with zero attached hydrogens (tertiary/aromatic N) is 8. The van der Waals surface area contributed by atoms with Crippen LogP contribution in [0.25, 0.3) is 5.69 Å². The molecular weight excluding hydrogens is 1340 g/mol. The number of sulfone groups is 1. The Balaban J connectivity index is 0.649. The number of rotatable bonds is 24. The maximum atomic E-state index is 14.4. The largest absolute Gasteiger partial charge is 0.494 e. The van der Waals surface area contributed by atoms with Gasteiger partial charge in [-0.05, 0) is 301 Å². The predicted octanol–water partition coefficient (Wildman–Crippen LogP) is 17.3. The van der Waals surface area contributed by atoms with Crippen LogP contribution in [-0.4, -0.2) is 110 Å². The highest BCUT2D eigenvalue weighted by Crippen LogP contribution is 2.58. The van der Waals surface area contributed by atoms with Crippen molar-refractivity contribution in [1.82, 2.24) is 24.6 Å². The molecule has 1 aromatic heterocycles. The molecule has 12 atom stereocenters. The molecule has 8 aliphatic rings. The van der Waals surface area contributed by atoms with E-state index in [1.807, 2.05) is 64.3 Å². The van der Waals surface area contributed by atoms with E-state index >= 15 is 0 Å². The van der Waals surface area contributed by atoms with Gasteiger partial charge < -0.3 is 29.2 Å². The first-order chi connectivity index (χ1) is 52.1. The highest BCUT2D eigenvalue weighted by molar-refractivity contribution is 7.92. The molecule has 15 heteroatoms. The molecule has 5 heterocycles. The Morgan fingerprint density at radius 2 is 1.18 bits per heavy atom. The summed E-state index contributed by atoms with van der Waals surface area (Å²) in [6.07, 6.45) is 23.4. The fraction of sp³-hybridized carbons (Fsp3) is 0.511. The van der Waals surface area contributed by atoms with E-state index in [2.05, 4.69) is 133 Å². The maximum Gasteiger partial charge on any atom is 0.255 e. The van der Waals surface area contributed by atoms with Crippen LogP contribution < -0.4 is 14.8 Å². The SMILES string of the molecule is CC1CN(CCCOc2ccc(C#N)cc2)CCC1C(C#N)(c1ccc(C2CCC(C(C#N)(c3ccc(C4CCC(C5(C6CCN(C(=O)c7ccn(-c8ccc(S(=O)(=O)C9CC9)cc8)c7)CC6)NCCc6ccccc65)C4)cc3)C3C[C@@H](C)N(CCCOc4ccc(C#N)cc4)[C@@H](C)C3)C2)cc1)C1CCCC1. The quantitative estimate of drug-likeness (QED) is 0.0564. The Morgan fingerprint density at radius 3 is 1.79 bits per heavy atom. The number of ether oxygens (including phenoxy) is 2. The van der Waals surface area contributed by atoms with Gasteiger partial charge >= 0.3 is 0 Å². The summed E-state index contributed by atoms with van der Waals surface area (Å²) in [5.74, 6) is 4.25. The van der Waals surface area contributed by atoms with Gasteiger partial charge in [-0.3, -0.25) is 9.69 Å². The number of fused-ring (bicyclic) bond motifs is 1. The molecule has 107 heavy (non-hydrogen) atoms. The van der Waals surface area contributed by atoms with Gasteiger partial charge in [-0.25, -0.2) is 8.42 Å². The van der Waals surface area contributed by atoms with E-state index in [-0.39, 0.29) is 46.5 Å². The van der Waals surface area contributed by atoms with Crippen LogP contribution in [0.2, 0.25) is 0 Å². The Labute approximate surface area is 636 Å². The molecule has 4 aliphatic carbocycles. The summed E-state index contributed by atoms with van der Waals surface area (Å²) in [6.45, 7) is 14.4. The van der Waals surface area contributed by atoms with E-state index in [1.165, 1.54) is 46.2 Å². The van der Waals surface area contributed by atoms with Crippen LogP contribution in [0.1, 0.15) is 209 Å². The van der Waals surface area contributed by atoms with E-state index in [0.29, 0.717) is 83.4 Å². The summed E-state index contributed by atoms with van der Waals surface area (Å²) in [5.41, 5.74) is 9.18. The fourth-order valence-corrected chi connectivity index (χ4v) is 23.7. The summed E-state index contributed by atoms with van der Waals surface area (Å²) >= 11 is 0. The van der Waals surface area contributed by atoms with Crippen molar-refractivity contribution in [3.05, 3.63) is 214 Å². The summed E-state index contributed by atoms with van der Waals surface area (Å²) in [5, 5.41) is 46.7. The molecule has 1 N–H and O–H groups in total. The molecule has 1 amide bonds. The first kappa shape index (κ1) is 73.9. The molecule has 4 saturated carbocycles. The van der Waals surface area contributed by atoms with Crippen molar-refractivity contribution >= 4 is 15.7 Å². The second-order valence-corrected chi connectivity index (χ2v) is 35.6. The van der Waals surface area contributed by atoms with Gasteiger partial charge in [-0.1, -0.05) is 92.6 Å². The molecule has 0 bridgehead atoms. The molecule has 0 radical (unpaired) electrons. The van der Waals surface area contributed by atoms with E-state index < -0.39 is 20.7 Å². The molecule has 7 aromatic rings. The summed E-state index contributed by atoms with van der Waals surface area (Å²) in [7, 11) is -3.29. The number of nitrogens with one attached hydrogen (secondary N) is 1. The van der Waals surface area contributed by atoms with Crippen LogP contribution in [0.3, 0.4) is 0 Å². The van der Waals surface area contributed by atoms with Crippen molar-refractivity contribution in [2.24, 2.45) is 41.4 Å². The van der Waals surface area contributed by atoms with Crippen molar-refractivity contribution in [2.75, 3.05) is 59.0 Å². The number of amides is 1. The number of likely N-dealkylation sites (tertiary alicyclic amines) is 3. The monoisotopic (exact) mass is 1450 g/mol. The Kier molecular flexibility index (Phi) is 22.1. The zero-order valence-electron chi connectivity index (χ0n) is 63.0. The standard InChI is InChI=1S/C92H107N9O5S/c1-64-60-98(46-8-52-105-83-32-14-67(58-93)15-33-83)48-44-87(64)91(63-96,75-11-5-6-12-75)77-26-20-69(21-27-77)72-22-28-79(56-72)90(62-95,81-54-65(2)101(66(3)55-81)47-9-53-106-84-34-16-68(59-94)17-35-84)76-24-18-70(19-25-76)73-23-29-80(57-73)92(88-13-7-4-10-71(88)40-45-97-92)78-42-50-99(51-43-78)89(102)74-41-49-100(61-74)82-30-36-85(37-31-82)107(103,104)86-38-39-86/h4,7,10,13-21,24-27,30-37,41,49,61,64-66,72-73,75,78-81,86-87,97H,5-6,8-9,11-12,22-23,28-29,38-40,42-48,50-57,60H2,1-3H3/t64?,65-,66+,72?,73?,79?,80?,81?,87?,90?,91?,92?. The topological polar surface area (TPSA) is 192 Å². The second-order valence-electron chi connectivity index (χ2n) is 33.4. The first-order valence-corrected chi connectivity index (χ1v) is 42.1. The summed E-state index contributed by atoms with van der Waals surface area (Å²) in [4.78, 5) is 22.0. The average Bonchev–Trinajstić information content (AvgIpc) is 1.73. The second kappa shape index (κ2) is 32.0. The van der Waals surface area contributed by atoms with Crippen LogP contribution in [0.5, 0.6) is 11.5 Å². The first-order valence-electron chi connectivity index (χ1n) is 40.6. The van der Waals surface area contributed by atoms with Gasteiger partial charge in [0.05, 0.1) is 75.2 Å². The van der Waals surface area contributed by atoms with Crippen molar-refractivity contribution in [3.8, 4) is 41.5 Å². The number of hydrogen-bond donors (Lipinski definition) is 1. The zero-order chi connectivity index (χ0) is 73.9. The van der Waals surface area contributed by atoms with Crippen LogP contribution >= 0.6 is 0 Å². The van der Waals surface area contributed by atoms with Gasteiger partial charge in [0.15, 0.2) is 9.84 Å². The number of hydrogen-bond acceptors (Lipinski definition) is 12. The lowest BCUT2D eigenvalue weighted by molar-refractivity contribution is 0.0326. The Hall–Kier alpha value is -8.54. The highest BCUT2D eigenvalue weighted by atomic mass is 32.2. The predicted molar refractivity (Wildman–Crippen MR) is 419 cm³/mol. The lowest BCUT2D eigenvalue weighted by atomic mass is 9.57. The number of carbonyl (C=O) groups excluding carboxylic acids is 1. The lowest BCUT2D eigenvalue weighted by Gasteiger charge is -2.52. The normalized spacial score (nSPS) is 27.1. The van der Waals surface area contributed by atoms with Crippen molar-refractivity contribution in [1.29, 1.82) is 21.0 Å². The van der Waals surface area contributed by atoms with Gasteiger partial charge in [0.1, 0.15) is 11.5 Å². The fourth-order valence-electron chi connectivity index (χ4n) is 22.1. The Morgan fingerprint density at radius 1 is 0.579 bits per heavy atom. The zero-order valence-corrected chi connectivity index (χ0v) is 63.9. The molecule has 3 saturated heterocycles. The van der Waals surface area contributed by atoms with E-state index in [0.717, 1.165) is 165 Å². The lowest BCUT2D eigenvalue weighted by Crippen LogP contribution is -2.59. The minimum absolute atomic E-state index is 0.0334. The van der Waals surface area contributed by atoms with Gasteiger partial charge in [0, 0.05) is 75.0 Å². The maximum absolute atomic E-state index is 14.4. The molecule has 7 fully saturated rings. The van der Waals surface area contributed by atoms with E-state index in [1.54, 1.807) is 36.4 Å². The van der Waals surface area contributed by atoms with Gasteiger partial charge in [0.2, 0.25) is 0 Å². The Bertz CT molecular complexity index is 4520. The van der Waals surface area contributed by atoms with Gasteiger partial charge in [-0.15, -0.1) is 0 Å². The summed E-state index contributed by atoms with van der Waals surface area (Å²) in [6, 6.07) is 63.2. The molecule has 15 rings (SSSR count). The van der Waals surface area contributed by atoms with Crippen molar-refractivity contribution in [2.45, 2.75) is 200 Å². The van der Waals surface area contributed by atoms with Crippen LogP contribution in [0.4, 0.5) is 0 Å². The molecule has 0 spiro atoms. The van der Waals surface area contributed by atoms with Gasteiger partial charge in [-0.2, -0.15) is 21.0 Å². The smallest absolute Gasteiger partial charge is 0.255 e. The molecule has 556 valence electrons. The third kappa shape index (κ3) is 14.7. The number of piperidine rings is 3. The van der Waals surface area contributed by atoms with Crippen molar-refractivity contribution in [3.63, 3.8) is 0 Å². The number of nitriles is 4. The molecular formula is C92H107N9O5S. The molecule has 14 nitrogen and oxygen atoms in total. The molecule has 6 aromatic carbocycles. The minimum atomic E-state index is -3.29. The minimum Gasteiger partial charge on any atom is -0.494 e.